The van der Waals surface area contributed by atoms with Crippen LogP contribution in [0.5, 0.6) is 0 Å². The molecule has 21 heavy (non-hydrogen) atoms. The molecule has 5 heteroatoms. The molecular weight excluding hydrogens is 262 g/mol. The van der Waals surface area contributed by atoms with Crippen LogP contribution in [0.15, 0.2) is 36.7 Å². The Balaban J connectivity index is 1.82. The standard InChI is InChI=1S/C16H21N5/c1-2-5-16-19-14-12-13(17)6-7-15(14)21(16)11-4-10-20-9-3-8-18-20/h3,6-9,12H,2,4-5,10-11,17H2,1H3. The highest BCUT2D eigenvalue weighted by atomic mass is 15.3. The van der Waals surface area contributed by atoms with Gasteiger partial charge in [-0.2, -0.15) is 5.10 Å². The summed E-state index contributed by atoms with van der Waals surface area (Å²) in [4.78, 5) is 4.74. The van der Waals surface area contributed by atoms with E-state index in [0.29, 0.717) is 0 Å². The molecule has 0 saturated carbocycles. The lowest BCUT2D eigenvalue weighted by atomic mass is 10.2. The topological polar surface area (TPSA) is 61.7 Å². The number of aromatic nitrogens is 4. The minimum absolute atomic E-state index is 0.770. The number of nitrogens with two attached hydrogens (primary N) is 1. The molecule has 2 aromatic heterocycles. The normalized spacial score (nSPS) is 11.3. The zero-order valence-electron chi connectivity index (χ0n) is 12.4. The average molecular weight is 283 g/mol. The summed E-state index contributed by atoms with van der Waals surface area (Å²) in [6.45, 7) is 4.06. The molecule has 0 amide bonds. The first-order chi connectivity index (χ1) is 10.3. The molecule has 0 fully saturated rings. The van der Waals surface area contributed by atoms with Crippen LogP contribution in [0.3, 0.4) is 0 Å². The number of benzene rings is 1. The van der Waals surface area contributed by atoms with Crippen LogP contribution in [-0.2, 0) is 19.5 Å². The minimum Gasteiger partial charge on any atom is -0.399 e. The van der Waals surface area contributed by atoms with Crippen LogP contribution in [-0.4, -0.2) is 19.3 Å². The third-order valence-electron chi connectivity index (χ3n) is 3.65. The lowest BCUT2D eigenvalue weighted by Gasteiger charge is -2.09. The Labute approximate surface area is 124 Å². The summed E-state index contributed by atoms with van der Waals surface area (Å²) in [6.07, 6.45) is 6.94. The molecule has 0 atom stereocenters. The highest BCUT2D eigenvalue weighted by Gasteiger charge is 2.10. The number of nitrogens with zero attached hydrogens (tertiary/aromatic N) is 4. The number of hydrogen-bond donors (Lipinski definition) is 1. The van der Waals surface area contributed by atoms with Crippen molar-refractivity contribution in [3.05, 3.63) is 42.5 Å². The summed E-state index contributed by atoms with van der Waals surface area (Å²) in [5.74, 6) is 1.15. The third-order valence-corrected chi connectivity index (χ3v) is 3.65. The average Bonchev–Trinajstić information content (AvgIpc) is 3.08. The van der Waals surface area contributed by atoms with E-state index >= 15 is 0 Å². The molecule has 1 aromatic carbocycles. The van der Waals surface area contributed by atoms with Gasteiger partial charge in [0.2, 0.25) is 0 Å². The van der Waals surface area contributed by atoms with Gasteiger partial charge in [0.15, 0.2) is 0 Å². The van der Waals surface area contributed by atoms with E-state index in [1.165, 1.54) is 5.52 Å². The fraction of sp³-hybridized carbons (Fsp3) is 0.375. The molecule has 0 bridgehead atoms. The smallest absolute Gasteiger partial charge is 0.109 e. The van der Waals surface area contributed by atoms with Gasteiger partial charge in [-0.25, -0.2) is 4.98 Å². The van der Waals surface area contributed by atoms with Gasteiger partial charge in [-0.1, -0.05) is 6.92 Å². The van der Waals surface area contributed by atoms with E-state index < -0.39 is 0 Å². The maximum Gasteiger partial charge on any atom is 0.109 e. The first-order valence-corrected chi connectivity index (χ1v) is 7.50. The fourth-order valence-corrected chi connectivity index (χ4v) is 2.68. The number of imidazole rings is 1. The quantitative estimate of drug-likeness (QED) is 0.708. The van der Waals surface area contributed by atoms with Crippen LogP contribution >= 0.6 is 0 Å². The van der Waals surface area contributed by atoms with E-state index in [1.54, 1.807) is 0 Å². The Morgan fingerprint density at radius 3 is 2.90 bits per heavy atom. The predicted octanol–water partition coefficient (Wildman–Crippen LogP) is 2.86. The number of nitrogen functional groups attached to an aromatic ring is 1. The van der Waals surface area contributed by atoms with E-state index in [4.69, 9.17) is 10.7 Å². The summed E-state index contributed by atoms with van der Waals surface area (Å²) in [5, 5.41) is 4.24. The zero-order valence-corrected chi connectivity index (χ0v) is 12.4. The minimum atomic E-state index is 0.770. The van der Waals surface area contributed by atoms with Crippen molar-refractivity contribution < 1.29 is 0 Å². The molecular formula is C16H21N5. The van der Waals surface area contributed by atoms with E-state index in [1.807, 2.05) is 35.3 Å². The van der Waals surface area contributed by atoms with Crippen molar-refractivity contribution in [2.75, 3.05) is 5.73 Å². The molecule has 2 heterocycles. The summed E-state index contributed by atoms with van der Waals surface area (Å²) < 4.78 is 4.29. The molecule has 0 saturated heterocycles. The van der Waals surface area contributed by atoms with Gasteiger partial charge in [0, 0.05) is 37.6 Å². The monoisotopic (exact) mass is 283 g/mol. The molecule has 5 nitrogen and oxygen atoms in total. The highest BCUT2D eigenvalue weighted by molar-refractivity contribution is 5.79. The third kappa shape index (κ3) is 2.91. The van der Waals surface area contributed by atoms with Crippen molar-refractivity contribution in [2.45, 2.75) is 39.3 Å². The van der Waals surface area contributed by atoms with E-state index in [-0.39, 0.29) is 0 Å². The van der Waals surface area contributed by atoms with Gasteiger partial charge in [-0.15, -0.1) is 0 Å². The molecule has 3 rings (SSSR count). The van der Waals surface area contributed by atoms with Crippen molar-refractivity contribution in [1.82, 2.24) is 19.3 Å². The summed E-state index contributed by atoms with van der Waals surface area (Å²) in [7, 11) is 0. The molecule has 0 aliphatic carbocycles. The number of fused-ring (bicyclic) bond motifs is 1. The van der Waals surface area contributed by atoms with Gasteiger partial charge in [0.05, 0.1) is 11.0 Å². The Morgan fingerprint density at radius 1 is 1.24 bits per heavy atom. The van der Waals surface area contributed by atoms with E-state index in [9.17, 15) is 0 Å². The van der Waals surface area contributed by atoms with E-state index in [2.05, 4.69) is 22.7 Å². The van der Waals surface area contributed by atoms with Crippen LogP contribution in [0, 0.1) is 0 Å². The summed E-state index contributed by atoms with van der Waals surface area (Å²) in [6, 6.07) is 7.94. The summed E-state index contributed by atoms with van der Waals surface area (Å²) in [5.41, 5.74) is 8.80. The van der Waals surface area contributed by atoms with Gasteiger partial charge >= 0.3 is 0 Å². The molecule has 110 valence electrons. The first-order valence-electron chi connectivity index (χ1n) is 7.50. The second-order valence-electron chi connectivity index (χ2n) is 5.30. The first kappa shape index (κ1) is 13.7. The van der Waals surface area contributed by atoms with Gasteiger partial charge in [-0.05, 0) is 37.1 Å². The predicted molar refractivity (Wildman–Crippen MR) is 85.0 cm³/mol. The van der Waals surface area contributed by atoms with Crippen LogP contribution in [0.2, 0.25) is 0 Å². The Hall–Kier alpha value is -2.30. The second kappa shape index (κ2) is 5.99. The molecule has 0 aliphatic heterocycles. The van der Waals surface area contributed by atoms with Crippen molar-refractivity contribution in [3.63, 3.8) is 0 Å². The van der Waals surface area contributed by atoms with Gasteiger partial charge < -0.3 is 10.3 Å². The van der Waals surface area contributed by atoms with Crippen LogP contribution in [0.4, 0.5) is 5.69 Å². The second-order valence-corrected chi connectivity index (χ2v) is 5.30. The van der Waals surface area contributed by atoms with Crippen molar-refractivity contribution in [3.8, 4) is 0 Å². The van der Waals surface area contributed by atoms with Crippen LogP contribution in [0.1, 0.15) is 25.6 Å². The lowest BCUT2D eigenvalue weighted by Crippen LogP contribution is -2.07. The van der Waals surface area contributed by atoms with Crippen molar-refractivity contribution in [2.24, 2.45) is 0 Å². The number of rotatable bonds is 6. The highest BCUT2D eigenvalue weighted by Crippen LogP contribution is 2.20. The van der Waals surface area contributed by atoms with Gasteiger partial charge in [-0.3, -0.25) is 4.68 Å². The number of hydrogen-bond acceptors (Lipinski definition) is 3. The molecule has 0 radical (unpaired) electrons. The Morgan fingerprint density at radius 2 is 2.14 bits per heavy atom. The zero-order chi connectivity index (χ0) is 14.7. The fourth-order valence-electron chi connectivity index (χ4n) is 2.68. The van der Waals surface area contributed by atoms with Crippen molar-refractivity contribution >= 4 is 16.7 Å². The number of anilines is 1. The Bertz CT molecular complexity index is 712. The SMILES string of the molecule is CCCc1nc2cc(N)ccc2n1CCCn1cccn1. The lowest BCUT2D eigenvalue weighted by molar-refractivity contribution is 0.522. The van der Waals surface area contributed by atoms with E-state index in [0.717, 1.165) is 49.4 Å². The van der Waals surface area contributed by atoms with Gasteiger partial charge in [0.1, 0.15) is 5.82 Å². The largest absolute Gasteiger partial charge is 0.399 e. The van der Waals surface area contributed by atoms with Crippen LogP contribution < -0.4 is 5.73 Å². The summed E-state index contributed by atoms with van der Waals surface area (Å²) >= 11 is 0. The maximum atomic E-state index is 5.86. The number of aryl methyl sites for hydroxylation is 3. The maximum absolute atomic E-state index is 5.86. The molecule has 0 spiro atoms. The molecule has 3 aromatic rings. The van der Waals surface area contributed by atoms with Crippen LogP contribution in [0.25, 0.3) is 11.0 Å². The van der Waals surface area contributed by atoms with Crippen molar-refractivity contribution in [1.29, 1.82) is 0 Å². The Kier molecular flexibility index (Phi) is 3.90. The molecule has 0 unspecified atom stereocenters. The van der Waals surface area contributed by atoms with Gasteiger partial charge in [0.25, 0.3) is 0 Å². The molecule has 2 N–H and O–H groups in total. The molecule has 0 aliphatic rings.